The average molecular weight is 901 g/mol. The van der Waals surface area contributed by atoms with Crippen LogP contribution in [0.1, 0.15) is 155 Å². The molecule has 0 fully saturated rings. The molecule has 0 aromatic rings. The summed E-state index contributed by atoms with van der Waals surface area (Å²) in [4.78, 5) is 52.7. The summed E-state index contributed by atoms with van der Waals surface area (Å²) in [7, 11) is -9.70. The number of rotatable bonds is 41. The van der Waals surface area contributed by atoms with E-state index in [0.29, 0.717) is 12.8 Å². The van der Waals surface area contributed by atoms with Gasteiger partial charge in [0.15, 0.2) is 6.10 Å². The van der Waals surface area contributed by atoms with E-state index >= 15 is 0 Å². The predicted octanol–water partition coefficient (Wildman–Crippen LogP) is 11.6. The van der Waals surface area contributed by atoms with E-state index in [1.54, 1.807) is 0 Å². The van der Waals surface area contributed by atoms with E-state index in [1.807, 2.05) is 0 Å². The molecule has 61 heavy (non-hydrogen) atoms. The van der Waals surface area contributed by atoms with Crippen LogP contribution in [0.3, 0.4) is 0 Å². The van der Waals surface area contributed by atoms with Gasteiger partial charge in [-0.15, -0.1) is 0 Å². The Balaban J connectivity index is 4.61. The average Bonchev–Trinajstić information content (AvgIpc) is 3.22. The van der Waals surface area contributed by atoms with Crippen molar-refractivity contribution in [3.63, 3.8) is 0 Å². The molecule has 0 aromatic carbocycles. The zero-order chi connectivity index (χ0) is 45.1. The van der Waals surface area contributed by atoms with E-state index in [-0.39, 0.29) is 12.8 Å². The maximum absolute atomic E-state index is 12.7. The van der Waals surface area contributed by atoms with Crippen LogP contribution in [0, 0.1) is 0 Å². The van der Waals surface area contributed by atoms with Crippen LogP contribution < -0.4 is 0 Å². The molecule has 0 aliphatic rings. The molecule has 13 nitrogen and oxygen atoms in total. The van der Waals surface area contributed by atoms with Gasteiger partial charge in [-0.05, 0) is 89.9 Å². The molecule has 0 rings (SSSR count). The third-order valence-corrected chi connectivity index (χ3v) is 10.2. The fourth-order valence-corrected chi connectivity index (χ4v) is 6.56. The summed E-state index contributed by atoms with van der Waals surface area (Å²) in [5.74, 6) is -1.09. The summed E-state index contributed by atoms with van der Waals surface area (Å²) in [5.41, 5.74) is 0. The Morgan fingerprint density at radius 3 is 1.41 bits per heavy atom. The first-order valence-corrected chi connectivity index (χ1v) is 25.3. The number of aliphatic hydroxyl groups is 1. The van der Waals surface area contributed by atoms with E-state index in [4.69, 9.17) is 23.8 Å². The molecule has 3 atom stereocenters. The van der Waals surface area contributed by atoms with Gasteiger partial charge in [0.25, 0.3) is 0 Å². The molecule has 4 N–H and O–H groups in total. The van der Waals surface area contributed by atoms with Gasteiger partial charge in [0.05, 0.1) is 19.8 Å². The second-order valence-corrected chi connectivity index (χ2v) is 17.3. The van der Waals surface area contributed by atoms with Gasteiger partial charge < -0.3 is 29.3 Å². The second kappa shape index (κ2) is 41.3. The SMILES string of the molecule is CC/C=C\C/C=C\C/C=C\CCCCCCCC(=O)OC[C@H](COP(=O)(O)OC[C@@H](O)COP(=O)(O)O)OC(=O)CCCCC/C=C\C/C=C\C/C=C\C/C=C\CCCCC. The van der Waals surface area contributed by atoms with Crippen LogP contribution in [0.5, 0.6) is 0 Å². The minimum Gasteiger partial charge on any atom is -0.462 e. The predicted molar refractivity (Wildman–Crippen MR) is 243 cm³/mol. The number of esters is 2. The lowest BCUT2D eigenvalue weighted by molar-refractivity contribution is -0.161. The summed E-state index contributed by atoms with van der Waals surface area (Å²) in [5, 5.41) is 9.75. The Bertz CT molecular complexity index is 1400. The largest absolute Gasteiger partial charge is 0.472 e. The van der Waals surface area contributed by atoms with Crippen LogP contribution in [-0.4, -0.2) is 70.4 Å². The highest BCUT2D eigenvalue weighted by atomic mass is 31.2. The molecule has 0 aliphatic carbocycles. The van der Waals surface area contributed by atoms with E-state index in [0.717, 1.165) is 96.3 Å². The van der Waals surface area contributed by atoms with Gasteiger partial charge in [0, 0.05) is 12.8 Å². The Labute approximate surface area is 367 Å². The van der Waals surface area contributed by atoms with Gasteiger partial charge >= 0.3 is 27.6 Å². The first kappa shape index (κ1) is 58.3. The molecule has 0 heterocycles. The monoisotopic (exact) mass is 900 g/mol. The molecule has 0 aromatic heterocycles. The highest BCUT2D eigenvalue weighted by molar-refractivity contribution is 7.47. The summed E-state index contributed by atoms with van der Waals surface area (Å²) in [6.07, 6.45) is 47.1. The Morgan fingerprint density at radius 2 is 0.902 bits per heavy atom. The second-order valence-electron chi connectivity index (χ2n) is 14.6. The molecule has 0 aliphatic heterocycles. The maximum Gasteiger partial charge on any atom is 0.472 e. The molecular weight excluding hydrogens is 822 g/mol. The lowest BCUT2D eigenvalue weighted by atomic mass is 10.1. The molecule has 0 saturated heterocycles. The highest BCUT2D eigenvalue weighted by Crippen LogP contribution is 2.43. The Morgan fingerprint density at radius 1 is 0.492 bits per heavy atom. The van der Waals surface area contributed by atoms with Crippen molar-refractivity contribution in [2.75, 3.05) is 26.4 Å². The third kappa shape index (κ3) is 45.1. The van der Waals surface area contributed by atoms with Crippen molar-refractivity contribution in [2.24, 2.45) is 0 Å². The summed E-state index contributed by atoms with van der Waals surface area (Å²) in [6.45, 7) is 1.55. The number of phosphoric ester groups is 2. The van der Waals surface area contributed by atoms with Crippen LogP contribution in [0.2, 0.25) is 0 Å². The Kier molecular flexibility index (Phi) is 39.5. The van der Waals surface area contributed by atoms with E-state index in [2.05, 4.69) is 108 Å². The van der Waals surface area contributed by atoms with Crippen LogP contribution >= 0.6 is 15.6 Å². The molecule has 1 unspecified atom stereocenters. The van der Waals surface area contributed by atoms with Crippen molar-refractivity contribution in [2.45, 2.75) is 167 Å². The minimum absolute atomic E-state index is 0.0852. The van der Waals surface area contributed by atoms with Gasteiger partial charge in [-0.1, -0.05) is 137 Å². The topological polar surface area (TPSA) is 195 Å². The molecule has 0 bridgehead atoms. The summed E-state index contributed by atoms with van der Waals surface area (Å²) < 4.78 is 47.8. The van der Waals surface area contributed by atoms with Crippen LogP contribution in [0.15, 0.2) is 85.1 Å². The van der Waals surface area contributed by atoms with Gasteiger partial charge in [-0.3, -0.25) is 23.2 Å². The third-order valence-electron chi connectivity index (χ3n) is 8.76. The van der Waals surface area contributed by atoms with Crippen LogP contribution in [-0.2, 0) is 41.8 Å². The highest BCUT2D eigenvalue weighted by Gasteiger charge is 2.28. The van der Waals surface area contributed by atoms with Gasteiger partial charge in [-0.25, -0.2) is 9.13 Å². The zero-order valence-corrected chi connectivity index (χ0v) is 38.8. The number of carbonyl (C=O) groups excluding carboxylic acids is 2. The number of aliphatic hydroxyl groups excluding tert-OH is 1. The number of hydrogen-bond donors (Lipinski definition) is 4. The fraction of sp³-hybridized carbons (Fsp3) is 0.652. The van der Waals surface area contributed by atoms with Crippen LogP contribution in [0.25, 0.3) is 0 Å². The van der Waals surface area contributed by atoms with Crippen LogP contribution in [0.4, 0.5) is 0 Å². The lowest BCUT2D eigenvalue weighted by Gasteiger charge is -2.20. The van der Waals surface area contributed by atoms with Gasteiger partial charge in [-0.2, -0.15) is 0 Å². The number of allylic oxidation sites excluding steroid dienone is 14. The number of carbonyl (C=O) groups is 2. The molecule has 15 heteroatoms. The number of unbranched alkanes of at least 4 members (excludes halogenated alkanes) is 11. The summed E-state index contributed by atoms with van der Waals surface area (Å²) in [6, 6.07) is 0. The molecule has 0 amide bonds. The van der Waals surface area contributed by atoms with Crippen molar-refractivity contribution in [3.8, 4) is 0 Å². The van der Waals surface area contributed by atoms with Crippen molar-refractivity contribution in [3.05, 3.63) is 85.1 Å². The standard InChI is InChI=1S/C46H78O13P2/c1-3-5-7-9-11-13-15-17-19-20-21-22-24-26-28-30-32-34-36-38-46(49)59-44(42-58-61(53,54)57-40-43(47)39-56-60(50,51)52)41-55-45(48)37-35-33-31-29-27-25-23-18-16-14-12-10-8-6-4-2/h6,8,11-14,17-19,21-23,26,28,43-44,47H,3-5,7,9-10,15-16,20,24-25,27,29-42H2,1-2H3,(H,53,54)(H2,50,51,52)/b8-6-,13-11-,14-12-,19-17-,22-21-,23-18-,28-26-/t43-,44+/m0/s1. The maximum atomic E-state index is 12.7. The van der Waals surface area contributed by atoms with Gasteiger partial charge in [0.1, 0.15) is 12.7 Å². The first-order valence-electron chi connectivity index (χ1n) is 22.3. The number of phosphoric acid groups is 2. The molecule has 0 radical (unpaired) electrons. The first-order chi connectivity index (χ1) is 29.4. The minimum atomic E-state index is -4.87. The normalized spacial score (nSPS) is 14.8. The molecule has 0 saturated carbocycles. The van der Waals surface area contributed by atoms with Crippen molar-refractivity contribution < 1.29 is 61.6 Å². The summed E-state index contributed by atoms with van der Waals surface area (Å²) >= 11 is 0. The zero-order valence-electron chi connectivity index (χ0n) is 37.0. The smallest absolute Gasteiger partial charge is 0.462 e. The molecule has 0 spiro atoms. The molecule has 350 valence electrons. The Hall–Kier alpha value is -2.70. The van der Waals surface area contributed by atoms with Crippen molar-refractivity contribution >= 4 is 27.6 Å². The van der Waals surface area contributed by atoms with Gasteiger partial charge in [0.2, 0.25) is 0 Å². The van der Waals surface area contributed by atoms with E-state index in [1.165, 1.54) is 19.3 Å². The molecular formula is C46H78O13P2. The van der Waals surface area contributed by atoms with Crippen molar-refractivity contribution in [1.82, 2.24) is 0 Å². The number of hydrogen-bond acceptors (Lipinski definition) is 10. The van der Waals surface area contributed by atoms with E-state index in [9.17, 15) is 28.7 Å². The quantitative estimate of drug-likeness (QED) is 0.0196. The van der Waals surface area contributed by atoms with Crippen molar-refractivity contribution in [1.29, 1.82) is 0 Å². The van der Waals surface area contributed by atoms with E-state index < -0.39 is 66.2 Å². The lowest BCUT2D eigenvalue weighted by Crippen LogP contribution is -2.30. The fourth-order valence-electron chi connectivity index (χ4n) is 5.40. The number of ether oxygens (including phenoxy) is 2.